The van der Waals surface area contributed by atoms with Crippen molar-refractivity contribution in [1.29, 1.82) is 0 Å². The van der Waals surface area contributed by atoms with Crippen LogP contribution in [0.15, 0.2) is 42.5 Å². The molecule has 1 N–H and O–H groups in total. The highest BCUT2D eigenvalue weighted by Crippen LogP contribution is 2.30. The summed E-state index contributed by atoms with van der Waals surface area (Å²) in [6.07, 6.45) is 0.990. The van der Waals surface area contributed by atoms with Gasteiger partial charge in [-0.1, -0.05) is 41.4 Å². The molecule has 0 aromatic heterocycles. The quantitative estimate of drug-likeness (QED) is 0.523. The van der Waals surface area contributed by atoms with E-state index in [1.807, 2.05) is 0 Å². The molecule has 2 aromatic rings. The van der Waals surface area contributed by atoms with E-state index in [1.165, 1.54) is 30.2 Å². The standard InChI is InChI=1S/C22H27Cl2N3O5S/c1-5-25-22(29)15(2)26(13-16-8-6-7-9-18(16)23)21(28)14-27(33(4,30)31)17-10-11-20(32-3)19(24)12-17/h6-12,15H,5,13-14H2,1-4H3,(H,25,29). The van der Waals surface area contributed by atoms with Crippen LogP contribution < -0.4 is 14.4 Å². The van der Waals surface area contributed by atoms with Gasteiger partial charge in [-0.3, -0.25) is 13.9 Å². The van der Waals surface area contributed by atoms with Crippen molar-refractivity contribution in [2.24, 2.45) is 0 Å². The van der Waals surface area contributed by atoms with E-state index in [0.717, 1.165) is 10.6 Å². The smallest absolute Gasteiger partial charge is 0.244 e. The fourth-order valence-corrected chi connectivity index (χ4v) is 4.43. The molecule has 0 aliphatic heterocycles. The van der Waals surface area contributed by atoms with Gasteiger partial charge in [0.2, 0.25) is 21.8 Å². The van der Waals surface area contributed by atoms with Crippen molar-refractivity contribution >= 4 is 50.7 Å². The van der Waals surface area contributed by atoms with E-state index in [9.17, 15) is 18.0 Å². The Morgan fingerprint density at radius 1 is 1.12 bits per heavy atom. The lowest BCUT2D eigenvalue weighted by molar-refractivity contribution is -0.139. The average molecular weight is 516 g/mol. The Kier molecular flexibility index (Phi) is 9.39. The Balaban J connectivity index is 2.42. The molecule has 0 heterocycles. The van der Waals surface area contributed by atoms with E-state index >= 15 is 0 Å². The van der Waals surface area contributed by atoms with Gasteiger partial charge < -0.3 is 15.0 Å². The molecule has 0 bridgehead atoms. The third-order valence-electron chi connectivity index (χ3n) is 4.92. The monoisotopic (exact) mass is 515 g/mol. The number of halogens is 2. The van der Waals surface area contributed by atoms with Crippen LogP contribution in [-0.2, 0) is 26.2 Å². The zero-order valence-corrected chi connectivity index (χ0v) is 21.2. The summed E-state index contributed by atoms with van der Waals surface area (Å²) in [7, 11) is -2.42. The second-order valence-electron chi connectivity index (χ2n) is 7.27. The molecule has 8 nitrogen and oxygen atoms in total. The number of hydrogen-bond donors (Lipinski definition) is 1. The van der Waals surface area contributed by atoms with E-state index in [2.05, 4.69) is 5.32 Å². The number of ether oxygens (including phenoxy) is 1. The summed E-state index contributed by atoms with van der Waals surface area (Å²) < 4.78 is 31.2. The highest BCUT2D eigenvalue weighted by molar-refractivity contribution is 7.92. The van der Waals surface area contributed by atoms with Crippen molar-refractivity contribution in [3.63, 3.8) is 0 Å². The number of carbonyl (C=O) groups is 2. The molecule has 2 amide bonds. The minimum Gasteiger partial charge on any atom is -0.495 e. The molecule has 180 valence electrons. The molecule has 0 spiro atoms. The molecule has 0 fully saturated rings. The minimum atomic E-state index is -3.86. The summed E-state index contributed by atoms with van der Waals surface area (Å²) in [5.41, 5.74) is 0.821. The Labute approximate surface area is 204 Å². The zero-order valence-electron chi connectivity index (χ0n) is 18.8. The van der Waals surface area contributed by atoms with Gasteiger partial charge in [0.25, 0.3) is 0 Å². The Hall–Kier alpha value is -2.49. The summed E-state index contributed by atoms with van der Waals surface area (Å²) >= 11 is 12.4. The van der Waals surface area contributed by atoms with Crippen molar-refractivity contribution in [3.8, 4) is 5.75 Å². The number of sulfonamides is 1. The number of methoxy groups -OCH3 is 1. The maximum Gasteiger partial charge on any atom is 0.244 e. The van der Waals surface area contributed by atoms with E-state index in [1.54, 1.807) is 38.1 Å². The van der Waals surface area contributed by atoms with Crippen LogP contribution in [0.5, 0.6) is 5.75 Å². The van der Waals surface area contributed by atoms with Gasteiger partial charge in [-0.15, -0.1) is 0 Å². The van der Waals surface area contributed by atoms with Crippen LogP contribution in [0.4, 0.5) is 5.69 Å². The van der Waals surface area contributed by atoms with Gasteiger partial charge in [0.15, 0.2) is 0 Å². The summed E-state index contributed by atoms with van der Waals surface area (Å²) in [5, 5.41) is 3.31. The van der Waals surface area contributed by atoms with E-state index in [-0.39, 0.29) is 23.2 Å². The SMILES string of the molecule is CCNC(=O)C(C)N(Cc1ccccc1Cl)C(=O)CN(c1ccc(OC)c(Cl)c1)S(C)(=O)=O. The predicted octanol–water partition coefficient (Wildman–Crippen LogP) is 3.32. The fourth-order valence-electron chi connectivity index (χ4n) is 3.14. The van der Waals surface area contributed by atoms with Gasteiger partial charge in [-0.25, -0.2) is 8.42 Å². The van der Waals surface area contributed by atoms with Crippen molar-refractivity contribution < 1.29 is 22.7 Å². The fraction of sp³-hybridized carbons (Fsp3) is 0.364. The van der Waals surface area contributed by atoms with Gasteiger partial charge in [-0.2, -0.15) is 0 Å². The largest absolute Gasteiger partial charge is 0.495 e. The molecule has 1 unspecified atom stereocenters. The van der Waals surface area contributed by atoms with Crippen molar-refractivity contribution in [2.45, 2.75) is 26.4 Å². The van der Waals surface area contributed by atoms with Crippen LogP contribution in [0.2, 0.25) is 10.0 Å². The van der Waals surface area contributed by atoms with Crippen molar-refractivity contribution in [1.82, 2.24) is 10.2 Å². The molecular weight excluding hydrogens is 489 g/mol. The lowest BCUT2D eigenvalue weighted by Crippen LogP contribution is -2.51. The number of nitrogens with zero attached hydrogens (tertiary/aromatic N) is 2. The normalized spacial score (nSPS) is 12.1. The Morgan fingerprint density at radius 2 is 1.79 bits per heavy atom. The zero-order chi connectivity index (χ0) is 24.8. The maximum absolute atomic E-state index is 13.4. The molecular formula is C22H27Cl2N3O5S. The van der Waals surface area contributed by atoms with Crippen LogP contribution in [0.1, 0.15) is 19.4 Å². The lowest BCUT2D eigenvalue weighted by atomic mass is 10.1. The highest BCUT2D eigenvalue weighted by Gasteiger charge is 2.30. The summed E-state index contributed by atoms with van der Waals surface area (Å²) in [6.45, 7) is 3.23. The van der Waals surface area contributed by atoms with E-state index in [4.69, 9.17) is 27.9 Å². The second-order valence-corrected chi connectivity index (χ2v) is 9.99. The third-order valence-corrected chi connectivity index (χ3v) is 6.72. The molecule has 0 aliphatic carbocycles. The first-order chi connectivity index (χ1) is 15.5. The second kappa shape index (κ2) is 11.6. The third kappa shape index (κ3) is 6.99. The van der Waals surface area contributed by atoms with Gasteiger partial charge in [0.1, 0.15) is 18.3 Å². The number of likely N-dealkylation sites (N-methyl/N-ethyl adjacent to an activating group) is 1. The van der Waals surface area contributed by atoms with Crippen LogP contribution in [0.25, 0.3) is 0 Å². The minimum absolute atomic E-state index is 0.0256. The van der Waals surface area contributed by atoms with Gasteiger partial charge >= 0.3 is 0 Å². The topological polar surface area (TPSA) is 96.0 Å². The molecule has 2 rings (SSSR count). The Bertz CT molecular complexity index is 1110. The lowest BCUT2D eigenvalue weighted by Gasteiger charge is -2.31. The number of amides is 2. The maximum atomic E-state index is 13.4. The first-order valence-corrected chi connectivity index (χ1v) is 12.7. The number of carbonyl (C=O) groups excluding carboxylic acids is 2. The number of rotatable bonds is 10. The molecule has 1 atom stereocenters. The molecule has 0 aliphatic rings. The van der Waals surface area contributed by atoms with E-state index in [0.29, 0.717) is 22.9 Å². The van der Waals surface area contributed by atoms with Crippen LogP contribution in [-0.4, -0.2) is 57.6 Å². The average Bonchev–Trinajstić information content (AvgIpc) is 2.75. The first kappa shape index (κ1) is 26.8. The van der Waals surface area contributed by atoms with Crippen LogP contribution >= 0.6 is 23.2 Å². The first-order valence-electron chi connectivity index (χ1n) is 10.1. The Morgan fingerprint density at radius 3 is 2.33 bits per heavy atom. The molecule has 0 saturated heterocycles. The highest BCUT2D eigenvalue weighted by atomic mass is 35.5. The van der Waals surface area contributed by atoms with Gasteiger partial charge in [-0.05, 0) is 43.7 Å². The molecule has 33 heavy (non-hydrogen) atoms. The summed E-state index contributed by atoms with van der Waals surface area (Å²) in [6, 6.07) is 10.5. The number of hydrogen-bond acceptors (Lipinski definition) is 5. The molecule has 2 aromatic carbocycles. The van der Waals surface area contributed by atoms with Crippen molar-refractivity contribution in [2.75, 3.05) is 30.8 Å². The summed E-state index contributed by atoms with van der Waals surface area (Å²) in [4.78, 5) is 27.2. The number of anilines is 1. The van der Waals surface area contributed by atoms with E-state index < -0.39 is 28.5 Å². The molecule has 0 saturated carbocycles. The number of benzene rings is 2. The molecule has 11 heteroatoms. The molecule has 0 radical (unpaired) electrons. The van der Waals surface area contributed by atoms with Gasteiger partial charge in [0.05, 0.1) is 24.1 Å². The van der Waals surface area contributed by atoms with Crippen LogP contribution in [0.3, 0.4) is 0 Å². The van der Waals surface area contributed by atoms with Gasteiger partial charge in [0, 0.05) is 18.1 Å². The number of nitrogens with one attached hydrogen (secondary N) is 1. The van der Waals surface area contributed by atoms with Crippen LogP contribution in [0, 0.1) is 0 Å². The predicted molar refractivity (Wildman–Crippen MR) is 130 cm³/mol. The van der Waals surface area contributed by atoms with Crippen molar-refractivity contribution in [3.05, 3.63) is 58.1 Å². The summed E-state index contributed by atoms with van der Waals surface area (Å²) in [5.74, 6) is -0.576.